The molecule has 1 rings (SSSR count). The van der Waals surface area contributed by atoms with E-state index < -0.39 is 0 Å². The van der Waals surface area contributed by atoms with Gasteiger partial charge in [0.2, 0.25) is 5.91 Å². The Labute approximate surface area is 86.4 Å². The van der Waals surface area contributed by atoms with Gasteiger partial charge in [0.15, 0.2) is 0 Å². The summed E-state index contributed by atoms with van der Waals surface area (Å²) in [6.07, 6.45) is 0.945. The zero-order chi connectivity index (χ0) is 10.9. The number of ether oxygens (including phenoxy) is 1. The van der Waals surface area contributed by atoms with Gasteiger partial charge in [-0.3, -0.25) is 4.79 Å². The fourth-order valence-corrected chi connectivity index (χ4v) is 2.34. The van der Waals surface area contributed by atoms with Crippen molar-refractivity contribution in [3.05, 3.63) is 0 Å². The number of amides is 1. The van der Waals surface area contributed by atoms with E-state index in [2.05, 4.69) is 20.8 Å². The van der Waals surface area contributed by atoms with E-state index in [4.69, 9.17) is 4.74 Å². The van der Waals surface area contributed by atoms with Gasteiger partial charge in [-0.05, 0) is 19.3 Å². The van der Waals surface area contributed by atoms with Crippen LogP contribution in [0.25, 0.3) is 0 Å². The van der Waals surface area contributed by atoms with Gasteiger partial charge in [0.1, 0.15) is 0 Å². The second kappa shape index (κ2) is 3.89. The third-order valence-electron chi connectivity index (χ3n) is 3.47. The Kier molecular flexibility index (Phi) is 3.20. The number of likely N-dealkylation sites (tertiary alicyclic amines) is 1. The molecule has 1 saturated heterocycles. The molecule has 0 saturated carbocycles. The minimum absolute atomic E-state index is 0.134. The maximum atomic E-state index is 11.4. The number of methoxy groups -OCH3 is 1. The highest BCUT2D eigenvalue weighted by atomic mass is 16.5. The molecule has 1 heterocycles. The first-order valence-electron chi connectivity index (χ1n) is 5.25. The molecule has 3 heteroatoms. The molecular weight excluding hydrogens is 178 g/mol. The molecule has 0 aromatic rings. The van der Waals surface area contributed by atoms with Crippen LogP contribution in [0.3, 0.4) is 0 Å². The van der Waals surface area contributed by atoms with Crippen LogP contribution in [-0.2, 0) is 9.53 Å². The van der Waals surface area contributed by atoms with Crippen molar-refractivity contribution >= 4 is 5.91 Å². The van der Waals surface area contributed by atoms with Crippen LogP contribution in [-0.4, -0.2) is 36.1 Å². The lowest BCUT2D eigenvalue weighted by Gasteiger charge is -2.31. The molecule has 3 nitrogen and oxygen atoms in total. The molecular formula is C11H21NO2. The summed E-state index contributed by atoms with van der Waals surface area (Å²) in [6.45, 7) is 8.75. The second-order valence-corrected chi connectivity index (χ2v) is 4.62. The van der Waals surface area contributed by atoms with Crippen LogP contribution in [0.15, 0.2) is 0 Å². The van der Waals surface area contributed by atoms with E-state index in [9.17, 15) is 4.79 Å². The second-order valence-electron chi connectivity index (χ2n) is 4.62. The molecule has 1 aliphatic rings. The average Bonchev–Trinajstić information content (AvgIpc) is 2.44. The number of carbonyl (C=O) groups excluding carboxylic acids is 1. The van der Waals surface area contributed by atoms with Crippen LogP contribution >= 0.6 is 0 Å². The van der Waals surface area contributed by atoms with E-state index in [0.29, 0.717) is 12.0 Å². The smallest absolute Gasteiger partial charge is 0.219 e. The van der Waals surface area contributed by atoms with E-state index in [0.717, 1.165) is 13.0 Å². The summed E-state index contributed by atoms with van der Waals surface area (Å²) in [4.78, 5) is 13.3. The molecule has 0 radical (unpaired) electrons. The Hall–Kier alpha value is -0.570. The lowest BCUT2D eigenvalue weighted by molar-refractivity contribution is -0.130. The van der Waals surface area contributed by atoms with Crippen molar-refractivity contribution in [2.75, 3.05) is 13.7 Å². The molecule has 0 aromatic carbocycles. The highest BCUT2D eigenvalue weighted by molar-refractivity contribution is 5.74. The molecule has 82 valence electrons. The molecule has 14 heavy (non-hydrogen) atoms. The van der Waals surface area contributed by atoms with Gasteiger partial charge in [-0.25, -0.2) is 0 Å². The summed E-state index contributed by atoms with van der Waals surface area (Å²) in [5.74, 6) is 0.594. The van der Waals surface area contributed by atoms with Crippen molar-refractivity contribution in [2.45, 2.75) is 45.8 Å². The first kappa shape index (κ1) is 11.5. The van der Waals surface area contributed by atoms with E-state index in [1.54, 1.807) is 14.0 Å². The van der Waals surface area contributed by atoms with E-state index >= 15 is 0 Å². The van der Waals surface area contributed by atoms with Gasteiger partial charge >= 0.3 is 0 Å². The third-order valence-corrected chi connectivity index (χ3v) is 3.47. The SMILES string of the molecule is COC1(C(C)C)C[C@H](C)N(C(C)=O)C1. The van der Waals surface area contributed by atoms with Crippen molar-refractivity contribution in [3.8, 4) is 0 Å². The van der Waals surface area contributed by atoms with Gasteiger partial charge in [-0.15, -0.1) is 0 Å². The molecule has 0 aromatic heterocycles. The van der Waals surface area contributed by atoms with Crippen molar-refractivity contribution in [1.29, 1.82) is 0 Å². The molecule has 0 N–H and O–H groups in total. The first-order chi connectivity index (χ1) is 6.43. The molecule has 1 unspecified atom stereocenters. The highest BCUT2D eigenvalue weighted by Gasteiger charge is 2.45. The molecule has 1 amide bonds. The Bertz CT molecular complexity index is 227. The summed E-state index contributed by atoms with van der Waals surface area (Å²) in [5.41, 5.74) is -0.134. The largest absolute Gasteiger partial charge is 0.376 e. The number of rotatable bonds is 2. The summed E-state index contributed by atoms with van der Waals surface area (Å²) in [5, 5.41) is 0. The minimum Gasteiger partial charge on any atom is -0.376 e. The van der Waals surface area contributed by atoms with Crippen molar-refractivity contribution < 1.29 is 9.53 Å². The highest BCUT2D eigenvalue weighted by Crippen LogP contribution is 2.35. The fraction of sp³-hybridized carbons (Fsp3) is 0.909. The first-order valence-corrected chi connectivity index (χ1v) is 5.25. The van der Waals surface area contributed by atoms with Crippen molar-refractivity contribution in [2.24, 2.45) is 5.92 Å². The lowest BCUT2D eigenvalue weighted by atomic mass is 9.88. The van der Waals surface area contributed by atoms with Gasteiger partial charge < -0.3 is 9.64 Å². The fourth-order valence-electron chi connectivity index (χ4n) is 2.34. The summed E-state index contributed by atoms with van der Waals surface area (Å²) in [6, 6.07) is 0.301. The van der Waals surface area contributed by atoms with Crippen LogP contribution in [0, 0.1) is 5.92 Å². The predicted octanol–water partition coefficient (Wildman–Crippen LogP) is 1.67. The lowest BCUT2D eigenvalue weighted by Crippen LogP contribution is -2.41. The van der Waals surface area contributed by atoms with Crippen LogP contribution in [0.4, 0.5) is 0 Å². The van der Waals surface area contributed by atoms with Crippen LogP contribution in [0.1, 0.15) is 34.1 Å². The average molecular weight is 199 g/mol. The van der Waals surface area contributed by atoms with E-state index in [1.807, 2.05) is 4.90 Å². The van der Waals surface area contributed by atoms with E-state index in [1.165, 1.54) is 0 Å². The normalized spacial score (nSPS) is 32.7. The third kappa shape index (κ3) is 1.78. The van der Waals surface area contributed by atoms with Crippen molar-refractivity contribution in [3.63, 3.8) is 0 Å². The predicted molar refractivity (Wildman–Crippen MR) is 56.0 cm³/mol. The Morgan fingerprint density at radius 3 is 2.36 bits per heavy atom. The zero-order valence-corrected chi connectivity index (χ0v) is 9.83. The van der Waals surface area contributed by atoms with Gasteiger partial charge in [0, 0.05) is 20.1 Å². The molecule has 1 aliphatic heterocycles. The molecule has 2 atom stereocenters. The molecule has 0 aliphatic carbocycles. The topological polar surface area (TPSA) is 29.5 Å². The van der Waals surface area contributed by atoms with Crippen molar-refractivity contribution in [1.82, 2.24) is 4.90 Å². The minimum atomic E-state index is -0.134. The molecule has 0 spiro atoms. The summed E-state index contributed by atoms with van der Waals surface area (Å²) < 4.78 is 5.62. The van der Waals surface area contributed by atoms with Crippen LogP contribution < -0.4 is 0 Å². The van der Waals surface area contributed by atoms with Gasteiger partial charge in [0.25, 0.3) is 0 Å². The van der Waals surface area contributed by atoms with Crippen LogP contribution in [0.5, 0.6) is 0 Å². The number of hydrogen-bond acceptors (Lipinski definition) is 2. The molecule has 0 bridgehead atoms. The number of carbonyl (C=O) groups is 1. The van der Waals surface area contributed by atoms with Crippen LogP contribution in [0.2, 0.25) is 0 Å². The molecule has 1 fully saturated rings. The monoisotopic (exact) mass is 199 g/mol. The quantitative estimate of drug-likeness (QED) is 0.677. The Morgan fingerprint density at radius 1 is 1.57 bits per heavy atom. The Balaban J connectivity index is 2.82. The summed E-state index contributed by atoms with van der Waals surface area (Å²) in [7, 11) is 1.75. The van der Waals surface area contributed by atoms with Gasteiger partial charge in [-0.1, -0.05) is 13.8 Å². The van der Waals surface area contributed by atoms with E-state index in [-0.39, 0.29) is 11.5 Å². The number of hydrogen-bond donors (Lipinski definition) is 0. The number of nitrogens with zero attached hydrogens (tertiary/aromatic N) is 1. The van der Waals surface area contributed by atoms with Gasteiger partial charge in [-0.2, -0.15) is 0 Å². The Morgan fingerprint density at radius 2 is 2.14 bits per heavy atom. The maximum Gasteiger partial charge on any atom is 0.219 e. The van der Waals surface area contributed by atoms with Gasteiger partial charge in [0.05, 0.1) is 12.1 Å². The maximum absolute atomic E-state index is 11.4. The summed E-state index contributed by atoms with van der Waals surface area (Å²) >= 11 is 0. The standard InChI is InChI=1S/C11H21NO2/c1-8(2)11(14-5)6-9(3)12(7-11)10(4)13/h8-9H,6-7H2,1-5H3/t9-,11?/m0/s1. The zero-order valence-electron chi connectivity index (χ0n) is 9.83.